The molecule has 5 heteroatoms. The van der Waals surface area contributed by atoms with Gasteiger partial charge in [-0.05, 0) is 24.3 Å². The molecule has 0 amide bonds. The summed E-state index contributed by atoms with van der Waals surface area (Å²) in [7, 11) is 0. The number of pyridine rings is 1. The fourth-order valence-corrected chi connectivity index (χ4v) is 2.24. The Morgan fingerprint density at radius 1 is 1.24 bits per heavy atom. The Balaban J connectivity index is 2.40. The van der Waals surface area contributed by atoms with Gasteiger partial charge in [0.25, 0.3) is 0 Å². The molecule has 0 radical (unpaired) electrons. The SMILES string of the molecule is O=C(O)c1c(F)cccc1Sc1ccccn1. The average molecular weight is 249 g/mol. The van der Waals surface area contributed by atoms with Crippen molar-refractivity contribution in [3.8, 4) is 0 Å². The van der Waals surface area contributed by atoms with E-state index in [1.165, 1.54) is 6.07 Å². The average Bonchev–Trinajstić information content (AvgIpc) is 2.30. The first-order valence-electron chi connectivity index (χ1n) is 4.79. The second kappa shape index (κ2) is 4.97. The molecule has 17 heavy (non-hydrogen) atoms. The first-order valence-corrected chi connectivity index (χ1v) is 5.61. The van der Waals surface area contributed by atoms with Crippen LogP contribution in [0.15, 0.2) is 52.5 Å². The largest absolute Gasteiger partial charge is 0.478 e. The molecular formula is C12H8FNO2S. The van der Waals surface area contributed by atoms with Crippen LogP contribution in [0.2, 0.25) is 0 Å². The molecule has 3 nitrogen and oxygen atoms in total. The predicted octanol–water partition coefficient (Wildman–Crippen LogP) is 3.07. The highest BCUT2D eigenvalue weighted by molar-refractivity contribution is 7.99. The first kappa shape index (κ1) is 11.6. The van der Waals surface area contributed by atoms with Crippen LogP contribution >= 0.6 is 11.8 Å². The van der Waals surface area contributed by atoms with Crippen LogP contribution in [0.1, 0.15) is 10.4 Å². The minimum Gasteiger partial charge on any atom is -0.478 e. The van der Waals surface area contributed by atoms with Gasteiger partial charge in [-0.1, -0.05) is 23.9 Å². The number of aromatic carboxylic acids is 1. The summed E-state index contributed by atoms with van der Waals surface area (Å²) in [5, 5.41) is 9.58. The molecule has 0 aliphatic carbocycles. The van der Waals surface area contributed by atoms with E-state index in [0.29, 0.717) is 9.92 Å². The quantitative estimate of drug-likeness (QED) is 0.908. The number of carboxylic acids is 1. The van der Waals surface area contributed by atoms with Crippen molar-refractivity contribution in [2.24, 2.45) is 0 Å². The number of benzene rings is 1. The van der Waals surface area contributed by atoms with Gasteiger partial charge in [-0.2, -0.15) is 0 Å². The van der Waals surface area contributed by atoms with Gasteiger partial charge in [0, 0.05) is 11.1 Å². The van der Waals surface area contributed by atoms with Crippen LogP contribution in [0.3, 0.4) is 0 Å². The van der Waals surface area contributed by atoms with Crippen LogP contribution in [-0.4, -0.2) is 16.1 Å². The minimum absolute atomic E-state index is 0.317. The fraction of sp³-hybridized carbons (Fsp3) is 0. The lowest BCUT2D eigenvalue weighted by Gasteiger charge is -2.05. The van der Waals surface area contributed by atoms with Crippen molar-refractivity contribution in [3.05, 3.63) is 54.0 Å². The lowest BCUT2D eigenvalue weighted by molar-refractivity contribution is 0.0688. The van der Waals surface area contributed by atoms with Gasteiger partial charge in [0.05, 0.1) is 0 Å². The summed E-state index contributed by atoms with van der Waals surface area (Å²) in [4.78, 5) is 15.4. The maximum Gasteiger partial charge on any atom is 0.339 e. The molecule has 2 rings (SSSR count). The molecule has 0 saturated carbocycles. The summed E-state index contributed by atoms with van der Waals surface area (Å²) in [6, 6.07) is 9.45. The Morgan fingerprint density at radius 2 is 2.06 bits per heavy atom. The van der Waals surface area contributed by atoms with Crippen molar-refractivity contribution in [3.63, 3.8) is 0 Å². The summed E-state index contributed by atoms with van der Waals surface area (Å²) >= 11 is 1.12. The van der Waals surface area contributed by atoms with Crippen LogP contribution in [0.5, 0.6) is 0 Å². The maximum atomic E-state index is 13.4. The molecule has 0 atom stereocenters. The molecule has 1 aromatic heterocycles. The second-order valence-electron chi connectivity index (χ2n) is 3.19. The first-order chi connectivity index (χ1) is 8.18. The van der Waals surface area contributed by atoms with Crippen molar-refractivity contribution >= 4 is 17.7 Å². The number of rotatable bonds is 3. The Morgan fingerprint density at radius 3 is 2.71 bits per heavy atom. The summed E-state index contributed by atoms with van der Waals surface area (Å²) in [5.41, 5.74) is -0.317. The zero-order chi connectivity index (χ0) is 12.3. The number of carboxylic acid groups (broad SMARTS) is 1. The third-order valence-electron chi connectivity index (χ3n) is 2.04. The molecular weight excluding hydrogens is 241 g/mol. The Bertz CT molecular complexity index is 545. The van der Waals surface area contributed by atoms with E-state index in [1.54, 1.807) is 30.5 Å². The van der Waals surface area contributed by atoms with Crippen LogP contribution in [0.4, 0.5) is 4.39 Å². The molecule has 0 spiro atoms. The standard InChI is InChI=1S/C12H8FNO2S/c13-8-4-3-5-9(11(8)12(15)16)17-10-6-1-2-7-14-10/h1-7H,(H,15,16). The van der Waals surface area contributed by atoms with Crippen molar-refractivity contribution in [1.82, 2.24) is 4.98 Å². The third kappa shape index (κ3) is 2.62. The fourth-order valence-electron chi connectivity index (χ4n) is 1.32. The van der Waals surface area contributed by atoms with Gasteiger partial charge in [0.2, 0.25) is 0 Å². The molecule has 1 aromatic carbocycles. The highest BCUT2D eigenvalue weighted by Gasteiger charge is 2.16. The van der Waals surface area contributed by atoms with Gasteiger partial charge < -0.3 is 5.11 Å². The lowest BCUT2D eigenvalue weighted by Crippen LogP contribution is -2.02. The van der Waals surface area contributed by atoms with E-state index in [2.05, 4.69) is 4.98 Å². The third-order valence-corrected chi connectivity index (χ3v) is 3.05. The minimum atomic E-state index is -1.28. The van der Waals surface area contributed by atoms with E-state index in [9.17, 15) is 9.18 Å². The highest BCUT2D eigenvalue weighted by Crippen LogP contribution is 2.30. The van der Waals surface area contributed by atoms with Gasteiger partial charge in [0.15, 0.2) is 0 Å². The molecule has 0 aliphatic rings. The van der Waals surface area contributed by atoms with E-state index in [0.717, 1.165) is 17.8 Å². The zero-order valence-electron chi connectivity index (χ0n) is 8.63. The molecule has 0 unspecified atom stereocenters. The monoisotopic (exact) mass is 249 g/mol. The summed E-state index contributed by atoms with van der Waals surface area (Å²) < 4.78 is 13.4. The Hall–Kier alpha value is -1.88. The van der Waals surface area contributed by atoms with Crippen LogP contribution in [0, 0.1) is 5.82 Å². The number of hydrogen-bond donors (Lipinski definition) is 1. The highest BCUT2D eigenvalue weighted by atomic mass is 32.2. The normalized spacial score (nSPS) is 10.2. The van der Waals surface area contributed by atoms with Gasteiger partial charge in [-0.15, -0.1) is 0 Å². The van der Waals surface area contributed by atoms with E-state index < -0.39 is 11.8 Å². The predicted molar refractivity (Wildman–Crippen MR) is 61.7 cm³/mol. The number of carbonyl (C=O) groups is 1. The Labute approximate surface area is 101 Å². The summed E-state index contributed by atoms with van der Waals surface area (Å²) in [5.74, 6) is -2.01. The molecule has 0 aliphatic heterocycles. The summed E-state index contributed by atoms with van der Waals surface area (Å²) in [6.07, 6.45) is 1.60. The van der Waals surface area contributed by atoms with Crippen molar-refractivity contribution in [2.75, 3.05) is 0 Å². The molecule has 0 saturated heterocycles. The zero-order valence-corrected chi connectivity index (χ0v) is 9.45. The van der Waals surface area contributed by atoms with E-state index in [-0.39, 0.29) is 5.56 Å². The molecule has 86 valence electrons. The molecule has 0 bridgehead atoms. The van der Waals surface area contributed by atoms with Crippen LogP contribution in [0.25, 0.3) is 0 Å². The number of hydrogen-bond acceptors (Lipinski definition) is 3. The molecule has 1 N–H and O–H groups in total. The number of aromatic nitrogens is 1. The topological polar surface area (TPSA) is 50.2 Å². The molecule has 1 heterocycles. The van der Waals surface area contributed by atoms with Gasteiger partial charge in [-0.25, -0.2) is 14.2 Å². The number of nitrogens with zero attached hydrogens (tertiary/aromatic N) is 1. The van der Waals surface area contributed by atoms with E-state index in [1.807, 2.05) is 0 Å². The van der Waals surface area contributed by atoms with Crippen molar-refractivity contribution in [2.45, 2.75) is 9.92 Å². The van der Waals surface area contributed by atoms with Gasteiger partial charge in [-0.3, -0.25) is 0 Å². The van der Waals surface area contributed by atoms with E-state index >= 15 is 0 Å². The van der Waals surface area contributed by atoms with Crippen LogP contribution in [-0.2, 0) is 0 Å². The summed E-state index contributed by atoms with van der Waals surface area (Å²) in [6.45, 7) is 0. The van der Waals surface area contributed by atoms with E-state index in [4.69, 9.17) is 5.11 Å². The van der Waals surface area contributed by atoms with Crippen LogP contribution < -0.4 is 0 Å². The van der Waals surface area contributed by atoms with Gasteiger partial charge in [0.1, 0.15) is 16.4 Å². The molecule has 2 aromatic rings. The number of halogens is 1. The van der Waals surface area contributed by atoms with Crippen molar-refractivity contribution in [1.29, 1.82) is 0 Å². The molecule has 0 fully saturated rings. The van der Waals surface area contributed by atoms with Crippen molar-refractivity contribution < 1.29 is 14.3 Å². The smallest absolute Gasteiger partial charge is 0.339 e. The van der Waals surface area contributed by atoms with Gasteiger partial charge >= 0.3 is 5.97 Å². The Kier molecular flexibility index (Phi) is 3.39. The maximum absolute atomic E-state index is 13.4. The lowest BCUT2D eigenvalue weighted by atomic mass is 10.2. The second-order valence-corrected chi connectivity index (χ2v) is 4.25.